The lowest BCUT2D eigenvalue weighted by Crippen LogP contribution is -2.13. The number of hydrogen-bond donors (Lipinski definition) is 0. The molecule has 3 rings (SSSR count). The van der Waals surface area contributed by atoms with E-state index in [0.717, 1.165) is 10.9 Å². The highest BCUT2D eigenvalue weighted by molar-refractivity contribution is 5.87. The monoisotopic (exact) mass is 277 g/mol. The molecule has 0 saturated heterocycles. The molecule has 2 aromatic carbocycles. The van der Waals surface area contributed by atoms with Gasteiger partial charge in [0.15, 0.2) is 0 Å². The molecule has 0 radical (unpaired) electrons. The van der Waals surface area contributed by atoms with Crippen LogP contribution in [-0.4, -0.2) is 12.0 Å². The van der Waals surface area contributed by atoms with Crippen molar-refractivity contribution in [3.8, 4) is 6.07 Å². The van der Waals surface area contributed by atoms with Crippen LogP contribution in [0, 0.1) is 17.1 Å². The van der Waals surface area contributed by atoms with Crippen molar-refractivity contribution in [2.45, 2.75) is 0 Å². The van der Waals surface area contributed by atoms with Gasteiger partial charge in [0.25, 0.3) is 0 Å². The second-order valence-corrected chi connectivity index (χ2v) is 4.67. The van der Waals surface area contributed by atoms with Gasteiger partial charge in [-0.15, -0.1) is 0 Å². The van der Waals surface area contributed by atoms with Gasteiger partial charge in [0.2, 0.25) is 0 Å². The van der Waals surface area contributed by atoms with Crippen molar-refractivity contribution in [3.05, 3.63) is 66.0 Å². The highest BCUT2D eigenvalue weighted by Gasteiger charge is 2.12. The van der Waals surface area contributed by atoms with Crippen LogP contribution in [0.4, 0.5) is 15.9 Å². The number of aromatic nitrogens is 1. The van der Waals surface area contributed by atoms with Gasteiger partial charge in [-0.3, -0.25) is 0 Å². The molecule has 3 aromatic rings. The molecule has 4 heteroatoms. The molecule has 21 heavy (non-hydrogen) atoms. The minimum atomic E-state index is -0.325. The van der Waals surface area contributed by atoms with E-state index < -0.39 is 0 Å². The van der Waals surface area contributed by atoms with E-state index in [-0.39, 0.29) is 5.82 Å². The van der Waals surface area contributed by atoms with Gasteiger partial charge in [0, 0.05) is 12.4 Å². The molecule has 0 saturated carbocycles. The zero-order valence-electron chi connectivity index (χ0n) is 11.4. The molecule has 0 atom stereocenters. The number of benzene rings is 2. The number of anilines is 2. The Morgan fingerprint density at radius 2 is 1.81 bits per heavy atom. The Morgan fingerprint density at radius 3 is 2.57 bits per heavy atom. The van der Waals surface area contributed by atoms with E-state index in [0.29, 0.717) is 17.1 Å². The van der Waals surface area contributed by atoms with E-state index in [9.17, 15) is 9.65 Å². The van der Waals surface area contributed by atoms with Crippen LogP contribution < -0.4 is 4.90 Å². The van der Waals surface area contributed by atoms with Crippen molar-refractivity contribution >= 4 is 22.4 Å². The second kappa shape index (κ2) is 5.22. The Morgan fingerprint density at radius 1 is 1.10 bits per heavy atom. The van der Waals surface area contributed by atoms with Gasteiger partial charge in [0.05, 0.1) is 22.8 Å². The van der Waals surface area contributed by atoms with Gasteiger partial charge in [-0.1, -0.05) is 30.3 Å². The number of rotatable bonds is 2. The first kappa shape index (κ1) is 13.1. The number of nitriles is 1. The van der Waals surface area contributed by atoms with Crippen molar-refractivity contribution in [2.24, 2.45) is 0 Å². The van der Waals surface area contributed by atoms with Gasteiger partial charge >= 0.3 is 0 Å². The topological polar surface area (TPSA) is 39.9 Å². The quantitative estimate of drug-likeness (QED) is 0.710. The van der Waals surface area contributed by atoms with E-state index in [2.05, 4.69) is 11.1 Å². The Labute approximate surface area is 121 Å². The van der Waals surface area contributed by atoms with E-state index >= 15 is 0 Å². The summed E-state index contributed by atoms with van der Waals surface area (Å²) in [7, 11) is 1.73. The molecule has 0 aliphatic rings. The summed E-state index contributed by atoms with van der Waals surface area (Å²) < 4.78 is 13.9. The fourth-order valence-corrected chi connectivity index (χ4v) is 2.27. The smallest absolute Gasteiger partial charge is 0.146 e. The molecule has 3 nitrogen and oxygen atoms in total. The normalized spacial score (nSPS) is 10.3. The third kappa shape index (κ3) is 2.30. The maximum absolute atomic E-state index is 13.9. The number of pyridine rings is 1. The van der Waals surface area contributed by atoms with Crippen LogP contribution in [-0.2, 0) is 0 Å². The molecule has 0 aliphatic carbocycles. The van der Waals surface area contributed by atoms with Crippen molar-refractivity contribution in [1.82, 2.24) is 4.98 Å². The van der Waals surface area contributed by atoms with Gasteiger partial charge < -0.3 is 4.90 Å². The van der Waals surface area contributed by atoms with Crippen LogP contribution in [0.3, 0.4) is 0 Å². The maximum atomic E-state index is 13.9. The van der Waals surface area contributed by atoms with Crippen molar-refractivity contribution in [3.63, 3.8) is 0 Å². The number of para-hydroxylation sites is 2. The third-order valence-electron chi connectivity index (χ3n) is 3.38. The summed E-state index contributed by atoms with van der Waals surface area (Å²) in [6.07, 6.45) is 0. The molecule has 102 valence electrons. The fraction of sp³-hybridized carbons (Fsp3) is 0.0588. The Kier molecular flexibility index (Phi) is 3.25. The number of hydrogen-bond acceptors (Lipinski definition) is 3. The number of halogens is 1. The second-order valence-electron chi connectivity index (χ2n) is 4.67. The summed E-state index contributed by atoms with van der Waals surface area (Å²) >= 11 is 0. The number of fused-ring (bicyclic) bond motifs is 1. The van der Waals surface area contributed by atoms with Crippen molar-refractivity contribution in [1.29, 1.82) is 5.26 Å². The highest BCUT2D eigenvalue weighted by atomic mass is 19.1. The number of nitrogens with zero attached hydrogens (tertiary/aromatic N) is 3. The zero-order valence-corrected chi connectivity index (χ0v) is 11.4. The largest absolute Gasteiger partial charge is 0.327 e. The third-order valence-corrected chi connectivity index (χ3v) is 3.38. The molecule has 0 N–H and O–H groups in total. The molecule has 0 spiro atoms. The maximum Gasteiger partial charge on any atom is 0.146 e. The summed E-state index contributed by atoms with van der Waals surface area (Å²) in [6.45, 7) is 0. The molecule has 0 unspecified atom stereocenters. The molecular formula is C17H12FN3. The van der Waals surface area contributed by atoms with Crippen LogP contribution in [0.25, 0.3) is 10.9 Å². The predicted octanol–water partition coefficient (Wildman–Crippen LogP) is 4.01. The van der Waals surface area contributed by atoms with E-state index in [1.54, 1.807) is 36.2 Å². The lowest BCUT2D eigenvalue weighted by atomic mass is 10.1. The SMILES string of the molecule is CN(c1cc(C#N)c2ccccc2n1)c1ccccc1F. The molecular weight excluding hydrogens is 265 g/mol. The first-order chi connectivity index (χ1) is 10.2. The van der Waals surface area contributed by atoms with Gasteiger partial charge in [-0.25, -0.2) is 9.37 Å². The molecule has 1 aromatic heterocycles. The summed E-state index contributed by atoms with van der Waals surface area (Å²) in [5, 5.41) is 10.1. The Balaban J connectivity index is 2.17. The fourth-order valence-electron chi connectivity index (χ4n) is 2.27. The molecule has 0 bridgehead atoms. The summed E-state index contributed by atoms with van der Waals surface area (Å²) in [5.74, 6) is 0.212. The standard InChI is InChI=1S/C17H12FN3/c1-21(16-9-5-3-7-14(16)18)17-10-12(11-19)13-6-2-4-8-15(13)20-17/h2-10H,1H3. The first-order valence-corrected chi connectivity index (χ1v) is 6.49. The lowest BCUT2D eigenvalue weighted by molar-refractivity contribution is 0.627. The van der Waals surface area contributed by atoms with Crippen molar-refractivity contribution < 1.29 is 4.39 Å². The lowest BCUT2D eigenvalue weighted by Gasteiger charge is -2.19. The van der Waals surface area contributed by atoms with E-state index in [4.69, 9.17) is 0 Å². The molecule has 0 fully saturated rings. The van der Waals surface area contributed by atoms with E-state index in [1.807, 2.05) is 24.3 Å². The average molecular weight is 277 g/mol. The predicted molar refractivity (Wildman–Crippen MR) is 80.9 cm³/mol. The highest BCUT2D eigenvalue weighted by Crippen LogP contribution is 2.28. The summed E-state index contributed by atoms with van der Waals surface area (Å²) in [4.78, 5) is 6.15. The van der Waals surface area contributed by atoms with Gasteiger partial charge in [-0.05, 0) is 24.3 Å². The zero-order chi connectivity index (χ0) is 14.8. The Bertz CT molecular complexity index is 852. The van der Waals surface area contributed by atoms with Crippen LogP contribution in [0.1, 0.15) is 5.56 Å². The average Bonchev–Trinajstić information content (AvgIpc) is 2.53. The van der Waals surface area contributed by atoms with Crippen LogP contribution in [0.15, 0.2) is 54.6 Å². The summed E-state index contributed by atoms with van der Waals surface area (Å²) in [5.41, 5.74) is 1.66. The van der Waals surface area contributed by atoms with Gasteiger partial charge in [0.1, 0.15) is 11.6 Å². The summed E-state index contributed by atoms with van der Waals surface area (Å²) in [6, 6.07) is 17.8. The molecule has 0 amide bonds. The van der Waals surface area contributed by atoms with Crippen LogP contribution in [0.2, 0.25) is 0 Å². The Hall–Kier alpha value is -2.93. The van der Waals surface area contributed by atoms with Gasteiger partial charge in [-0.2, -0.15) is 5.26 Å². The molecule has 0 aliphatic heterocycles. The van der Waals surface area contributed by atoms with Crippen molar-refractivity contribution in [2.75, 3.05) is 11.9 Å². The van der Waals surface area contributed by atoms with E-state index in [1.165, 1.54) is 6.07 Å². The molecule has 1 heterocycles. The van der Waals surface area contributed by atoms with Crippen LogP contribution >= 0.6 is 0 Å². The first-order valence-electron chi connectivity index (χ1n) is 6.49. The van der Waals surface area contributed by atoms with Crippen LogP contribution in [0.5, 0.6) is 0 Å². The minimum absolute atomic E-state index is 0.325. The minimum Gasteiger partial charge on any atom is -0.327 e.